The first-order valence-corrected chi connectivity index (χ1v) is 7.76. The summed E-state index contributed by atoms with van der Waals surface area (Å²) in [6.45, 7) is 5.15. The van der Waals surface area contributed by atoms with Gasteiger partial charge >= 0.3 is 0 Å². The van der Waals surface area contributed by atoms with Gasteiger partial charge in [-0.1, -0.05) is 19.8 Å². The van der Waals surface area contributed by atoms with Crippen molar-refractivity contribution in [3.05, 3.63) is 11.9 Å². The number of hydrogen-bond donors (Lipinski definition) is 1. The van der Waals surface area contributed by atoms with Gasteiger partial charge < -0.3 is 15.0 Å². The third kappa shape index (κ3) is 3.84. The monoisotopic (exact) mass is 292 g/mol. The standard InChI is InChI=1S/C16H28N4O/c1-12-7-6-8-16(10-12,20(3)4)11-17-14-9-15(21-5)19-13(2)18-14/h9,12H,6-8,10-11H2,1-5H3,(H,17,18,19). The number of nitrogens with zero attached hydrogens (tertiary/aromatic N) is 3. The van der Waals surface area contributed by atoms with E-state index in [1.165, 1.54) is 25.7 Å². The number of hydrogen-bond acceptors (Lipinski definition) is 5. The molecule has 1 aromatic rings. The van der Waals surface area contributed by atoms with Gasteiger partial charge in [0.1, 0.15) is 11.6 Å². The molecule has 1 N–H and O–H groups in total. The van der Waals surface area contributed by atoms with Crippen LogP contribution in [0.2, 0.25) is 0 Å². The Balaban J connectivity index is 2.10. The number of nitrogens with one attached hydrogen (secondary N) is 1. The Hall–Kier alpha value is -1.36. The molecule has 0 aromatic carbocycles. The van der Waals surface area contributed by atoms with Crippen LogP contribution < -0.4 is 10.1 Å². The Morgan fingerprint density at radius 1 is 1.43 bits per heavy atom. The van der Waals surface area contributed by atoms with E-state index in [1.54, 1.807) is 7.11 Å². The Bertz CT molecular complexity index is 477. The zero-order chi connectivity index (χ0) is 15.5. The van der Waals surface area contributed by atoms with Gasteiger partial charge in [0.25, 0.3) is 0 Å². The van der Waals surface area contributed by atoms with E-state index in [0.717, 1.165) is 24.1 Å². The number of likely N-dealkylation sites (N-methyl/N-ethyl adjacent to an activating group) is 1. The molecular formula is C16H28N4O. The van der Waals surface area contributed by atoms with Crippen molar-refractivity contribution in [3.63, 3.8) is 0 Å². The van der Waals surface area contributed by atoms with Gasteiger partial charge in [0, 0.05) is 18.2 Å². The van der Waals surface area contributed by atoms with E-state index in [2.05, 4.69) is 41.2 Å². The molecule has 0 saturated heterocycles. The maximum atomic E-state index is 5.22. The molecule has 2 rings (SSSR count). The minimum atomic E-state index is 0.212. The fourth-order valence-electron chi connectivity index (χ4n) is 3.35. The number of methoxy groups -OCH3 is 1. The summed E-state index contributed by atoms with van der Waals surface area (Å²) < 4.78 is 5.22. The van der Waals surface area contributed by atoms with Crippen molar-refractivity contribution in [3.8, 4) is 5.88 Å². The van der Waals surface area contributed by atoms with Crippen molar-refractivity contribution >= 4 is 5.82 Å². The lowest BCUT2D eigenvalue weighted by Gasteiger charge is -2.45. The molecule has 1 fully saturated rings. The van der Waals surface area contributed by atoms with Crippen LogP contribution in [0.3, 0.4) is 0 Å². The summed E-state index contributed by atoms with van der Waals surface area (Å²) in [7, 11) is 6.01. The molecule has 1 aromatic heterocycles. The predicted molar refractivity (Wildman–Crippen MR) is 85.9 cm³/mol. The first kappa shape index (κ1) is 16.0. The lowest BCUT2D eigenvalue weighted by Crippen LogP contribution is -2.52. The van der Waals surface area contributed by atoms with Gasteiger partial charge in [-0.05, 0) is 39.8 Å². The fraction of sp³-hybridized carbons (Fsp3) is 0.750. The molecule has 1 saturated carbocycles. The van der Waals surface area contributed by atoms with Crippen molar-refractivity contribution in [2.45, 2.75) is 45.1 Å². The first-order valence-electron chi connectivity index (χ1n) is 7.76. The van der Waals surface area contributed by atoms with E-state index >= 15 is 0 Å². The number of aromatic nitrogens is 2. The second-order valence-corrected chi connectivity index (χ2v) is 6.52. The van der Waals surface area contributed by atoms with E-state index in [9.17, 15) is 0 Å². The third-order valence-corrected chi connectivity index (χ3v) is 4.64. The van der Waals surface area contributed by atoms with E-state index in [1.807, 2.05) is 13.0 Å². The van der Waals surface area contributed by atoms with Crippen LogP contribution in [0.25, 0.3) is 0 Å². The van der Waals surface area contributed by atoms with E-state index in [4.69, 9.17) is 4.74 Å². The summed E-state index contributed by atoms with van der Waals surface area (Å²) >= 11 is 0. The van der Waals surface area contributed by atoms with Gasteiger partial charge in [-0.3, -0.25) is 0 Å². The molecule has 2 unspecified atom stereocenters. The maximum absolute atomic E-state index is 5.22. The van der Waals surface area contributed by atoms with Gasteiger partial charge in [0.2, 0.25) is 5.88 Å². The SMILES string of the molecule is COc1cc(NCC2(N(C)C)CCCC(C)C2)nc(C)n1. The van der Waals surface area contributed by atoms with Crippen molar-refractivity contribution in [2.75, 3.05) is 33.1 Å². The van der Waals surface area contributed by atoms with Gasteiger partial charge in [0.15, 0.2) is 0 Å². The van der Waals surface area contributed by atoms with Crippen molar-refractivity contribution in [1.82, 2.24) is 14.9 Å². The Morgan fingerprint density at radius 2 is 2.19 bits per heavy atom. The number of ether oxygens (including phenoxy) is 1. The van der Waals surface area contributed by atoms with Crippen LogP contribution >= 0.6 is 0 Å². The zero-order valence-electron chi connectivity index (χ0n) is 13.9. The topological polar surface area (TPSA) is 50.3 Å². The average Bonchev–Trinajstić information content (AvgIpc) is 2.44. The van der Waals surface area contributed by atoms with E-state index < -0.39 is 0 Å². The molecule has 0 aliphatic heterocycles. The summed E-state index contributed by atoms with van der Waals surface area (Å²) in [5.41, 5.74) is 0.212. The highest BCUT2D eigenvalue weighted by Crippen LogP contribution is 2.35. The molecule has 0 bridgehead atoms. The summed E-state index contributed by atoms with van der Waals surface area (Å²) in [6.07, 6.45) is 5.11. The molecule has 1 aliphatic rings. The van der Waals surface area contributed by atoms with Gasteiger partial charge in [0.05, 0.1) is 7.11 Å². The van der Waals surface area contributed by atoms with E-state index in [0.29, 0.717) is 5.88 Å². The van der Waals surface area contributed by atoms with Crippen LogP contribution in [-0.4, -0.2) is 48.2 Å². The quantitative estimate of drug-likeness (QED) is 0.904. The van der Waals surface area contributed by atoms with Gasteiger partial charge in [-0.2, -0.15) is 4.98 Å². The number of rotatable bonds is 5. The average molecular weight is 292 g/mol. The van der Waals surface area contributed by atoms with Crippen molar-refractivity contribution < 1.29 is 4.74 Å². The van der Waals surface area contributed by atoms with Crippen LogP contribution in [0.4, 0.5) is 5.82 Å². The Kier molecular flexibility index (Phi) is 5.04. The van der Waals surface area contributed by atoms with Crippen LogP contribution in [0, 0.1) is 12.8 Å². The van der Waals surface area contributed by atoms with Crippen molar-refractivity contribution in [2.24, 2.45) is 5.92 Å². The molecule has 1 aliphatic carbocycles. The first-order chi connectivity index (χ1) is 9.95. The number of anilines is 1. The molecule has 0 radical (unpaired) electrons. The largest absolute Gasteiger partial charge is 0.481 e. The molecule has 5 nitrogen and oxygen atoms in total. The molecule has 1 heterocycles. The smallest absolute Gasteiger partial charge is 0.218 e. The van der Waals surface area contributed by atoms with E-state index in [-0.39, 0.29) is 5.54 Å². The maximum Gasteiger partial charge on any atom is 0.218 e. The van der Waals surface area contributed by atoms with Crippen LogP contribution in [0.1, 0.15) is 38.4 Å². The lowest BCUT2D eigenvalue weighted by molar-refractivity contribution is 0.0881. The molecule has 118 valence electrons. The minimum absolute atomic E-state index is 0.212. The number of aryl methyl sites for hydroxylation is 1. The van der Waals surface area contributed by atoms with Crippen LogP contribution in [-0.2, 0) is 0 Å². The lowest BCUT2D eigenvalue weighted by atomic mass is 9.75. The highest BCUT2D eigenvalue weighted by Gasteiger charge is 2.36. The van der Waals surface area contributed by atoms with Gasteiger partial charge in [-0.25, -0.2) is 4.98 Å². The van der Waals surface area contributed by atoms with Gasteiger partial charge in [-0.15, -0.1) is 0 Å². The Labute approximate surface area is 128 Å². The summed E-state index contributed by atoms with van der Waals surface area (Å²) in [5, 5.41) is 3.50. The fourth-order valence-corrected chi connectivity index (χ4v) is 3.35. The molecule has 2 atom stereocenters. The third-order valence-electron chi connectivity index (χ3n) is 4.64. The molecular weight excluding hydrogens is 264 g/mol. The highest BCUT2D eigenvalue weighted by atomic mass is 16.5. The zero-order valence-corrected chi connectivity index (χ0v) is 13.9. The van der Waals surface area contributed by atoms with Crippen molar-refractivity contribution in [1.29, 1.82) is 0 Å². The second kappa shape index (κ2) is 6.60. The summed E-state index contributed by atoms with van der Waals surface area (Å²) in [6, 6.07) is 1.86. The molecule has 5 heteroatoms. The minimum Gasteiger partial charge on any atom is -0.481 e. The summed E-state index contributed by atoms with van der Waals surface area (Å²) in [5.74, 6) is 2.97. The molecule has 0 spiro atoms. The molecule has 0 amide bonds. The predicted octanol–water partition coefficient (Wildman–Crippen LogP) is 2.72. The Morgan fingerprint density at radius 3 is 2.81 bits per heavy atom. The second-order valence-electron chi connectivity index (χ2n) is 6.52. The highest BCUT2D eigenvalue weighted by molar-refractivity contribution is 5.39. The van der Waals surface area contributed by atoms with Crippen LogP contribution in [0.15, 0.2) is 6.07 Å². The summed E-state index contributed by atoms with van der Waals surface area (Å²) in [4.78, 5) is 11.1. The molecule has 21 heavy (non-hydrogen) atoms. The normalized spacial score (nSPS) is 25.9. The van der Waals surface area contributed by atoms with Crippen LogP contribution in [0.5, 0.6) is 5.88 Å².